The molecule has 0 aliphatic carbocycles. The van der Waals surface area contributed by atoms with Crippen LogP contribution in [0.25, 0.3) is 0 Å². The molecule has 1 heterocycles. The smallest absolute Gasteiger partial charge is 0.181 e. The van der Waals surface area contributed by atoms with Gasteiger partial charge in [-0.3, -0.25) is 5.41 Å². The molecule has 0 radical (unpaired) electrons. The second kappa shape index (κ2) is 8.56. The van der Waals surface area contributed by atoms with Crippen molar-refractivity contribution >= 4 is 23.3 Å². The van der Waals surface area contributed by atoms with Gasteiger partial charge in [-0.15, -0.1) is 0 Å². The summed E-state index contributed by atoms with van der Waals surface area (Å²) in [6.07, 6.45) is 3.52. The van der Waals surface area contributed by atoms with E-state index in [9.17, 15) is 0 Å². The fraction of sp³-hybridized carbons (Fsp3) is 0.500. The first-order valence-corrected chi connectivity index (χ1v) is 9.76. The summed E-state index contributed by atoms with van der Waals surface area (Å²) in [5.74, 6) is 1.44. The van der Waals surface area contributed by atoms with Crippen molar-refractivity contribution in [1.82, 2.24) is 4.90 Å². The average Bonchev–Trinajstić information content (AvgIpc) is 2.51. The lowest BCUT2D eigenvalue weighted by Gasteiger charge is -2.42. The zero-order valence-electron chi connectivity index (χ0n) is 15.6. The van der Waals surface area contributed by atoms with Crippen molar-refractivity contribution in [3.63, 3.8) is 0 Å². The molecule has 3 N–H and O–H groups in total. The van der Waals surface area contributed by atoms with E-state index >= 15 is 0 Å². The summed E-state index contributed by atoms with van der Waals surface area (Å²) in [6, 6.07) is 8.83. The van der Waals surface area contributed by atoms with Gasteiger partial charge in [0.15, 0.2) is 5.17 Å². The zero-order chi connectivity index (χ0) is 18.4. The van der Waals surface area contributed by atoms with E-state index in [4.69, 9.17) is 11.1 Å². The summed E-state index contributed by atoms with van der Waals surface area (Å²) >= 11 is 1.37. The van der Waals surface area contributed by atoms with Crippen LogP contribution >= 0.6 is 11.8 Å². The predicted octanol–water partition coefficient (Wildman–Crippen LogP) is 4.02. The van der Waals surface area contributed by atoms with E-state index in [2.05, 4.69) is 61.5 Å². The molecular weight excluding hydrogens is 328 g/mol. The fourth-order valence-electron chi connectivity index (χ4n) is 3.19. The third-order valence-corrected chi connectivity index (χ3v) is 5.48. The van der Waals surface area contributed by atoms with Crippen molar-refractivity contribution in [3.05, 3.63) is 47.7 Å². The normalized spacial score (nSPS) is 15.4. The van der Waals surface area contributed by atoms with Crippen molar-refractivity contribution < 1.29 is 0 Å². The number of aryl methyl sites for hydroxylation is 1. The summed E-state index contributed by atoms with van der Waals surface area (Å²) < 4.78 is 0. The number of rotatable bonds is 6. The minimum atomic E-state index is 0.199. The van der Waals surface area contributed by atoms with Crippen LogP contribution < -0.4 is 5.73 Å². The third-order valence-electron chi connectivity index (χ3n) is 4.62. The molecule has 0 unspecified atom stereocenters. The number of aliphatic imine (C=N–C) groups is 1. The standard InChI is InChI=1S/C20H30N4S/c1-15(13-25-19(22)23-14-21)24-11-16(12-24)9-10-17-7-5-6-8-18(17)20(2,3)4/h5-8,14,16H,1,9-13H2,2-4H3,(H3,21,22,23). The van der Waals surface area contributed by atoms with Crippen LogP contribution in [0, 0.1) is 11.3 Å². The minimum absolute atomic E-state index is 0.199. The van der Waals surface area contributed by atoms with E-state index in [-0.39, 0.29) is 10.6 Å². The number of nitrogens with two attached hydrogens (primary N) is 1. The molecule has 0 aromatic heterocycles. The molecule has 0 saturated carbocycles. The largest absolute Gasteiger partial charge is 0.390 e. The summed E-state index contributed by atoms with van der Waals surface area (Å²) in [7, 11) is 0. The number of thioether (sulfide) groups is 1. The van der Waals surface area contributed by atoms with Gasteiger partial charge in [-0.25, -0.2) is 4.99 Å². The predicted molar refractivity (Wildman–Crippen MR) is 111 cm³/mol. The molecule has 1 fully saturated rings. The van der Waals surface area contributed by atoms with Crippen LogP contribution in [0.2, 0.25) is 0 Å². The molecule has 2 rings (SSSR count). The molecule has 0 amide bonds. The number of likely N-dealkylation sites (tertiary alicyclic amines) is 1. The lowest BCUT2D eigenvalue weighted by atomic mass is 9.81. The molecule has 1 aromatic rings. The lowest BCUT2D eigenvalue weighted by molar-refractivity contribution is 0.137. The summed E-state index contributed by atoms with van der Waals surface area (Å²) in [5, 5.41) is 7.83. The average molecular weight is 359 g/mol. The first-order chi connectivity index (χ1) is 11.8. The van der Waals surface area contributed by atoms with E-state index in [0.29, 0.717) is 5.75 Å². The SMILES string of the molecule is C=C(CSC(=N)/N=C\N)N1CC(CCc2ccccc2C(C)(C)C)C1. The highest BCUT2D eigenvalue weighted by atomic mass is 32.2. The summed E-state index contributed by atoms with van der Waals surface area (Å²) in [6.45, 7) is 13.1. The maximum Gasteiger partial charge on any atom is 0.181 e. The van der Waals surface area contributed by atoms with Gasteiger partial charge in [0, 0.05) is 24.5 Å². The number of nitrogens with one attached hydrogen (secondary N) is 1. The number of nitrogens with zero attached hydrogens (tertiary/aromatic N) is 2. The zero-order valence-corrected chi connectivity index (χ0v) is 16.4. The lowest BCUT2D eigenvalue weighted by Crippen LogP contribution is -2.46. The molecular formula is C20H30N4S. The van der Waals surface area contributed by atoms with Gasteiger partial charge in [0.25, 0.3) is 0 Å². The van der Waals surface area contributed by atoms with E-state index in [1.54, 1.807) is 0 Å². The highest BCUT2D eigenvalue weighted by molar-refractivity contribution is 8.13. The molecule has 5 heteroatoms. The Bertz CT molecular complexity index is 639. The molecule has 4 nitrogen and oxygen atoms in total. The van der Waals surface area contributed by atoms with Gasteiger partial charge in [-0.2, -0.15) is 0 Å². The Kier molecular flexibility index (Phi) is 6.71. The van der Waals surface area contributed by atoms with Crippen molar-refractivity contribution in [2.45, 2.75) is 39.0 Å². The topological polar surface area (TPSA) is 65.5 Å². The van der Waals surface area contributed by atoms with Crippen LogP contribution in [-0.4, -0.2) is 35.2 Å². The number of benzene rings is 1. The Morgan fingerprint density at radius 2 is 2.08 bits per heavy atom. The van der Waals surface area contributed by atoms with Crippen molar-refractivity contribution in [2.75, 3.05) is 18.8 Å². The summed E-state index contributed by atoms with van der Waals surface area (Å²) in [4.78, 5) is 6.06. The maximum absolute atomic E-state index is 7.59. The molecule has 1 saturated heterocycles. The Hall–Kier alpha value is -1.75. The second-order valence-corrected chi connectivity index (χ2v) is 8.62. The van der Waals surface area contributed by atoms with Crippen molar-refractivity contribution in [1.29, 1.82) is 5.41 Å². The maximum atomic E-state index is 7.59. The molecule has 1 aliphatic heterocycles. The second-order valence-electron chi connectivity index (χ2n) is 7.66. The van der Waals surface area contributed by atoms with Crippen LogP contribution in [0.4, 0.5) is 0 Å². The highest BCUT2D eigenvalue weighted by Gasteiger charge is 2.27. The minimum Gasteiger partial charge on any atom is -0.390 e. The van der Waals surface area contributed by atoms with Gasteiger partial charge in [0.1, 0.15) is 0 Å². The van der Waals surface area contributed by atoms with Crippen molar-refractivity contribution in [3.8, 4) is 0 Å². The van der Waals surface area contributed by atoms with Crippen LogP contribution in [-0.2, 0) is 11.8 Å². The van der Waals surface area contributed by atoms with Gasteiger partial charge < -0.3 is 10.6 Å². The van der Waals surface area contributed by atoms with Crippen LogP contribution in [0.1, 0.15) is 38.3 Å². The van der Waals surface area contributed by atoms with E-state index in [1.165, 1.54) is 29.3 Å². The Balaban J connectivity index is 1.76. The monoisotopic (exact) mass is 358 g/mol. The van der Waals surface area contributed by atoms with Gasteiger partial charge in [0.2, 0.25) is 0 Å². The number of hydrogen-bond donors (Lipinski definition) is 2. The Labute approximate surface area is 156 Å². The molecule has 136 valence electrons. The quantitative estimate of drug-likeness (QED) is 0.596. The molecule has 25 heavy (non-hydrogen) atoms. The first-order valence-electron chi connectivity index (χ1n) is 8.78. The fourth-order valence-corrected chi connectivity index (χ4v) is 3.81. The number of hydrogen-bond acceptors (Lipinski definition) is 3. The van der Waals surface area contributed by atoms with Gasteiger partial charge in [-0.05, 0) is 35.3 Å². The van der Waals surface area contributed by atoms with E-state index in [0.717, 1.165) is 37.5 Å². The highest BCUT2D eigenvalue weighted by Crippen LogP contribution is 2.30. The van der Waals surface area contributed by atoms with Gasteiger partial charge >= 0.3 is 0 Å². The van der Waals surface area contributed by atoms with Crippen LogP contribution in [0.15, 0.2) is 41.5 Å². The molecule has 0 bridgehead atoms. The Morgan fingerprint density at radius 1 is 1.40 bits per heavy atom. The van der Waals surface area contributed by atoms with Crippen LogP contribution in [0.3, 0.4) is 0 Å². The molecule has 0 spiro atoms. The molecule has 1 aliphatic rings. The van der Waals surface area contributed by atoms with Gasteiger partial charge in [0.05, 0.1) is 6.34 Å². The Morgan fingerprint density at radius 3 is 2.72 bits per heavy atom. The number of amidine groups is 1. The van der Waals surface area contributed by atoms with Gasteiger partial charge in [-0.1, -0.05) is 63.4 Å². The van der Waals surface area contributed by atoms with Crippen LogP contribution in [0.5, 0.6) is 0 Å². The van der Waals surface area contributed by atoms with Crippen molar-refractivity contribution in [2.24, 2.45) is 16.6 Å². The van der Waals surface area contributed by atoms with E-state index < -0.39 is 0 Å². The molecule has 0 atom stereocenters. The molecule has 1 aromatic carbocycles. The summed E-state index contributed by atoms with van der Waals surface area (Å²) in [5.41, 5.74) is 9.41. The van der Waals surface area contributed by atoms with E-state index in [1.807, 2.05) is 0 Å². The third kappa shape index (κ3) is 5.63. The first kappa shape index (κ1) is 19.6.